The van der Waals surface area contributed by atoms with Crippen LogP contribution in [0.15, 0.2) is 51.0 Å². The Morgan fingerprint density at radius 3 is 2.55 bits per heavy atom. The number of benzene rings is 1. The lowest BCUT2D eigenvalue weighted by molar-refractivity contribution is -0.123. The van der Waals surface area contributed by atoms with Gasteiger partial charge in [-0.3, -0.25) is 19.2 Å². The van der Waals surface area contributed by atoms with E-state index in [0.717, 1.165) is 5.56 Å². The highest BCUT2D eigenvalue weighted by molar-refractivity contribution is 7.10. The number of rotatable bonds is 4. The van der Waals surface area contributed by atoms with E-state index in [2.05, 4.69) is 30.9 Å². The van der Waals surface area contributed by atoms with Gasteiger partial charge in [0.1, 0.15) is 28.2 Å². The first-order valence-corrected chi connectivity index (χ1v) is 16.0. The van der Waals surface area contributed by atoms with Gasteiger partial charge in [-0.2, -0.15) is 0 Å². The van der Waals surface area contributed by atoms with Crippen LogP contribution in [0.1, 0.15) is 86.5 Å². The molecule has 0 saturated heterocycles. The number of thiazole rings is 2. The summed E-state index contributed by atoms with van der Waals surface area (Å²) in [4.78, 5) is 68.3. The summed E-state index contributed by atoms with van der Waals surface area (Å²) in [6.07, 6.45) is 0.394. The van der Waals surface area contributed by atoms with Gasteiger partial charge in [-0.25, -0.2) is 15.0 Å². The van der Waals surface area contributed by atoms with Gasteiger partial charge in [-0.15, -0.1) is 22.7 Å². The molecule has 0 fully saturated rings. The molecule has 230 valence electrons. The normalized spacial score (nSPS) is 20.0. The number of nitrogens with one attached hydrogen (secondary N) is 3. The zero-order valence-corrected chi connectivity index (χ0v) is 26.3. The van der Waals surface area contributed by atoms with Crippen LogP contribution in [0.3, 0.4) is 0 Å². The molecule has 12 nitrogen and oxygen atoms in total. The van der Waals surface area contributed by atoms with Crippen molar-refractivity contribution in [1.82, 2.24) is 35.8 Å². The fraction of sp³-hybridized carbons (Fsp3) is 0.367. The molecule has 4 amide bonds. The highest BCUT2D eigenvalue weighted by Gasteiger charge is 2.31. The van der Waals surface area contributed by atoms with Crippen LogP contribution in [0.5, 0.6) is 0 Å². The fourth-order valence-corrected chi connectivity index (χ4v) is 6.20. The molecule has 0 radical (unpaired) electrons. The van der Waals surface area contributed by atoms with E-state index in [1.54, 1.807) is 30.1 Å². The third-order valence-electron chi connectivity index (χ3n) is 7.12. The predicted molar refractivity (Wildman–Crippen MR) is 164 cm³/mol. The fourth-order valence-electron chi connectivity index (χ4n) is 4.87. The summed E-state index contributed by atoms with van der Waals surface area (Å²) < 4.78 is 5.87. The Hall–Kier alpha value is -4.43. The van der Waals surface area contributed by atoms with Crippen molar-refractivity contribution in [2.45, 2.75) is 52.2 Å². The maximum Gasteiger partial charge on any atom is 0.274 e. The lowest BCUT2D eigenvalue weighted by Gasteiger charge is -2.28. The lowest BCUT2D eigenvalue weighted by Crippen LogP contribution is -2.50. The molecule has 3 atom stereocenters. The molecule has 4 aromatic rings. The Balaban J connectivity index is 1.54. The van der Waals surface area contributed by atoms with Gasteiger partial charge in [0, 0.05) is 17.3 Å². The largest absolute Gasteiger partial charge is 0.443 e. The number of aryl methyl sites for hydroxylation is 1. The number of carbonyl (C=O) groups is 4. The Bertz CT molecular complexity index is 1630. The van der Waals surface area contributed by atoms with E-state index >= 15 is 0 Å². The molecule has 0 saturated carbocycles. The maximum absolute atomic E-state index is 13.6. The molecule has 4 bridgehead atoms. The molecule has 3 aromatic heterocycles. The van der Waals surface area contributed by atoms with Crippen molar-refractivity contribution in [3.63, 3.8) is 0 Å². The van der Waals surface area contributed by atoms with Crippen LogP contribution in [-0.4, -0.2) is 62.6 Å². The quantitative estimate of drug-likeness (QED) is 0.306. The highest BCUT2D eigenvalue weighted by atomic mass is 32.1. The maximum atomic E-state index is 13.6. The second kappa shape index (κ2) is 13.5. The number of hydrogen-bond donors (Lipinski definition) is 3. The summed E-state index contributed by atoms with van der Waals surface area (Å²) in [5.74, 6) is -1.48. The monoisotopic (exact) mass is 635 g/mol. The Morgan fingerprint density at radius 2 is 1.84 bits per heavy atom. The van der Waals surface area contributed by atoms with Gasteiger partial charge in [0.15, 0.2) is 5.69 Å². The number of fused-ring (bicyclic) bond motifs is 4. The van der Waals surface area contributed by atoms with E-state index in [9.17, 15) is 19.2 Å². The minimum Gasteiger partial charge on any atom is -0.443 e. The van der Waals surface area contributed by atoms with E-state index in [1.807, 2.05) is 44.2 Å². The zero-order valence-electron chi connectivity index (χ0n) is 24.7. The molecule has 3 N–H and O–H groups in total. The molecule has 44 heavy (non-hydrogen) atoms. The van der Waals surface area contributed by atoms with Crippen molar-refractivity contribution in [3.8, 4) is 0 Å². The van der Waals surface area contributed by atoms with Gasteiger partial charge >= 0.3 is 0 Å². The molecule has 5 rings (SSSR count). The lowest BCUT2D eigenvalue weighted by atomic mass is 10.0. The average Bonchev–Trinajstić information content (AvgIpc) is 3.76. The molecule has 1 aromatic carbocycles. The number of hydrogen-bond acceptors (Lipinski definition) is 10. The number of carbonyl (C=O) groups excluding carboxylic acids is 4. The van der Waals surface area contributed by atoms with Crippen molar-refractivity contribution < 1.29 is 23.6 Å². The molecule has 0 spiro atoms. The molecule has 0 unspecified atom stereocenters. The van der Waals surface area contributed by atoms with Crippen molar-refractivity contribution in [3.05, 3.63) is 85.9 Å². The number of amides is 4. The van der Waals surface area contributed by atoms with Crippen LogP contribution in [0.4, 0.5) is 0 Å². The molecular formula is C30H33N7O5S2. The van der Waals surface area contributed by atoms with Crippen LogP contribution in [0.25, 0.3) is 0 Å². The SMILES string of the molecule is Cc1oc2nc1C(=O)N[C@H](C)c1nc(cs1)C(=O)N[C@H](Cc1ccccc1)CN(C(=O)c1cscn1)CC(=O)N[C@H]2C(C)C. The van der Waals surface area contributed by atoms with Crippen LogP contribution < -0.4 is 16.0 Å². The summed E-state index contributed by atoms with van der Waals surface area (Å²) in [6, 6.07) is 7.80. The molecule has 14 heteroatoms. The van der Waals surface area contributed by atoms with Crippen LogP contribution in [-0.2, 0) is 11.2 Å². The number of aromatic nitrogens is 3. The van der Waals surface area contributed by atoms with Crippen LogP contribution >= 0.6 is 22.7 Å². The van der Waals surface area contributed by atoms with Gasteiger partial charge in [-0.1, -0.05) is 44.2 Å². The Labute approximate surface area is 262 Å². The van der Waals surface area contributed by atoms with Crippen LogP contribution in [0, 0.1) is 12.8 Å². The third-order valence-corrected chi connectivity index (χ3v) is 8.74. The van der Waals surface area contributed by atoms with Crippen molar-refractivity contribution in [1.29, 1.82) is 0 Å². The van der Waals surface area contributed by atoms with Crippen molar-refractivity contribution >= 4 is 46.3 Å². The summed E-state index contributed by atoms with van der Waals surface area (Å²) in [5, 5.41) is 12.6. The molecule has 1 aliphatic heterocycles. The van der Waals surface area contributed by atoms with Crippen molar-refractivity contribution in [2.24, 2.45) is 5.92 Å². The third kappa shape index (κ3) is 7.19. The summed E-state index contributed by atoms with van der Waals surface area (Å²) in [6.45, 7) is 6.90. The Morgan fingerprint density at radius 1 is 1.07 bits per heavy atom. The van der Waals surface area contributed by atoms with E-state index in [-0.39, 0.29) is 42.0 Å². The number of oxazole rings is 1. The first-order valence-electron chi connectivity index (χ1n) is 14.1. The average molecular weight is 636 g/mol. The number of nitrogens with zero attached hydrogens (tertiary/aromatic N) is 4. The second-order valence-electron chi connectivity index (χ2n) is 10.9. The summed E-state index contributed by atoms with van der Waals surface area (Å²) in [7, 11) is 0. The van der Waals surface area contributed by atoms with Crippen molar-refractivity contribution in [2.75, 3.05) is 13.1 Å². The molecule has 4 heterocycles. The van der Waals surface area contributed by atoms with Crippen LogP contribution in [0.2, 0.25) is 0 Å². The van der Waals surface area contributed by atoms with Gasteiger partial charge in [0.25, 0.3) is 17.7 Å². The standard InChI is InChI=1S/C30H33N7O5S2/c1-16(2)24-28-36-25(18(4)42-28)27(40)32-17(3)29-34-21(14-44-29)26(39)33-20(10-19-8-6-5-7-9-19)11-37(12-23(38)35-24)30(41)22-13-43-15-31-22/h5-9,13-17,20,24H,10-12H2,1-4H3,(H,32,40)(H,33,39)(H,35,38)/t17-,20-,24+/m1/s1. The second-order valence-corrected chi connectivity index (χ2v) is 12.5. The predicted octanol–water partition coefficient (Wildman–Crippen LogP) is 3.70. The zero-order chi connectivity index (χ0) is 31.4. The molecule has 0 aliphatic carbocycles. The van der Waals surface area contributed by atoms with E-state index in [0.29, 0.717) is 17.2 Å². The Kier molecular flexibility index (Phi) is 9.49. The van der Waals surface area contributed by atoms with Gasteiger partial charge in [0.2, 0.25) is 11.8 Å². The van der Waals surface area contributed by atoms with E-state index < -0.39 is 41.8 Å². The minimum atomic E-state index is -0.670. The minimum absolute atomic E-state index is 0.0302. The molecule has 1 aliphatic rings. The smallest absolute Gasteiger partial charge is 0.274 e. The van der Waals surface area contributed by atoms with Gasteiger partial charge in [-0.05, 0) is 31.7 Å². The first kappa shape index (κ1) is 31.0. The van der Waals surface area contributed by atoms with E-state index in [4.69, 9.17) is 4.42 Å². The first-order chi connectivity index (χ1) is 21.1. The summed E-state index contributed by atoms with van der Waals surface area (Å²) in [5.41, 5.74) is 2.96. The van der Waals surface area contributed by atoms with Gasteiger partial charge < -0.3 is 25.3 Å². The summed E-state index contributed by atoms with van der Waals surface area (Å²) >= 11 is 2.52. The van der Waals surface area contributed by atoms with E-state index in [1.165, 1.54) is 27.6 Å². The topological polar surface area (TPSA) is 159 Å². The highest BCUT2D eigenvalue weighted by Crippen LogP contribution is 2.25. The van der Waals surface area contributed by atoms with Gasteiger partial charge in [0.05, 0.1) is 24.1 Å². The molecular weight excluding hydrogens is 603 g/mol.